The van der Waals surface area contributed by atoms with Crippen molar-refractivity contribution < 1.29 is 89.1 Å². The number of ether oxygens (including phenoxy) is 5. The van der Waals surface area contributed by atoms with Gasteiger partial charge in [0.15, 0.2) is 11.5 Å². The zero-order valence-electron chi connectivity index (χ0n) is 75.8. The molecular formula is C108H105Br4F3O16S. The Bertz CT molecular complexity index is 6410. The van der Waals surface area contributed by atoms with Crippen LogP contribution in [0.5, 0.6) is 46.0 Å². The van der Waals surface area contributed by atoms with E-state index in [1.807, 2.05) is 166 Å². The molecule has 1 atom stereocenters. The summed E-state index contributed by atoms with van der Waals surface area (Å²) in [6, 6.07) is 86.8. The summed E-state index contributed by atoms with van der Waals surface area (Å²) in [5.74, 6) is 0.656. The molecule has 0 aliphatic carbocycles. The molecule has 0 amide bonds. The number of benzene rings is 16. The average Bonchev–Trinajstić information content (AvgIpc) is 0.783. The molecule has 0 aliphatic heterocycles. The fourth-order valence-corrected chi connectivity index (χ4v) is 16.6. The minimum absolute atomic E-state index is 0.107. The van der Waals surface area contributed by atoms with Gasteiger partial charge in [0.2, 0.25) is 0 Å². The van der Waals surface area contributed by atoms with Crippen molar-refractivity contribution in [3.8, 4) is 46.0 Å². The minimum atomic E-state index is -5.75. The summed E-state index contributed by atoms with van der Waals surface area (Å²) in [5.41, 5.74) is 5.20. The molecule has 0 saturated carbocycles. The number of carbonyl (C=O) groups excluding carboxylic acids is 4. The predicted octanol–water partition coefficient (Wildman–Crippen LogP) is 28.5. The Morgan fingerprint density at radius 2 is 0.667 bits per heavy atom. The van der Waals surface area contributed by atoms with Crippen molar-refractivity contribution >= 4 is 173 Å². The van der Waals surface area contributed by atoms with Gasteiger partial charge in [0.05, 0.1) is 34.5 Å². The molecule has 0 aliphatic rings. The van der Waals surface area contributed by atoms with E-state index in [1.165, 1.54) is 83.6 Å². The number of halogens is 7. The Kier molecular flexibility index (Phi) is 39.6. The fraction of sp³-hybridized carbons (Fsp3) is 0.204. The third kappa shape index (κ3) is 28.1. The van der Waals surface area contributed by atoms with Gasteiger partial charge in [-0.15, -0.1) is 0 Å². The highest BCUT2D eigenvalue weighted by Gasteiger charge is 2.49. The highest BCUT2D eigenvalue weighted by atomic mass is 79.9. The average molecular weight is 2070 g/mol. The summed E-state index contributed by atoms with van der Waals surface area (Å²) < 4.78 is 93.8. The van der Waals surface area contributed by atoms with Gasteiger partial charge in [-0.1, -0.05) is 243 Å². The smallest absolute Gasteiger partial charge is 0.508 e. The highest BCUT2D eigenvalue weighted by Crippen LogP contribution is 2.42. The van der Waals surface area contributed by atoms with Crippen molar-refractivity contribution in [2.75, 3.05) is 34.5 Å². The van der Waals surface area contributed by atoms with Gasteiger partial charge in [-0.05, 0) is 270 Å². The van der Waals surface area contributed by atoms with Crippen molar-refractivity contribution in [3.05, 3.63) is 352 Å². The van der Waals surface area contributed by atoms with Crippen LogP contribution in [-0.4, -0.2) is 92.4 Å². The number of alkyl halides is 3. The van der Waals surface area contributed by atoms with Crippen molar-refractivity contribution in [2.45, 2.75) is 108 Å². The van der Waals surface area contributed by atoms with Crippen LogP contribution in [0.4, 0.5) is 13.2 Å². The normalized spacial score (nSPS) is 10.9. The van der Waals surface area contributed by atoms with Crippen LogP contribution < -0.4 is 18.4 Å². The van der Waals surface area contributed by atoms with Gasteiger partial charge in [-0.3, -0.25) is 19.2 Å². The number of aromatic hydroxyl groups is 4. The molecule has 0 aromatic heterocycles. The number of ketones is 2. The van der Waals surface area contributed by atoms with E-state index >= 15 is 0 Å². The molecule has 0 radical (unpaired) electrons. The molecule has 688 valence electrons. The lowest BCUT2D eigenvalue weighted by molar-refractivity contribution is -0.151. The Balaban J connectivity index is 0.000000184. The van der Waals surface area contributed by atoms with E-state index in [9.17, 15) is 61.2 Å². The Morgan fingerprint density at radius 3 is 1.07 bits per heavy atom. The van der Waals surface area contributed by atoms with E-state index < -0.39 is 33.5 Å². The Morgan fingerprint density at radius 1 is 0.364 bits per heavy atom. The topological polar surface area (TPSA) is 239 Å². The van der Waals surface area contributed by atoms with Gasteiger partial charge < -0.3 is 48.3 Å². The van der Waals surface area contributed by atoms with Gasteiger partial charge in [-0.25, -0.2) is 0 Å². The van der Waals surface area contributed by atoms with E-state index in [0.717, 1.165) is 80.6 Å². The molecular weight excluding hydrogens is 1960 g/mol. The fourth-order valence-electron chi connectivity index (χ4n) is 13.6. The first kappa shape index (κ1) is 105. The first-order valence-electron chi connectivity index (χ1n) is 41.9. The number of hydrogen-bond acceptors (Lipinski definition) is 16. The van der Waals surface area contributed by atoms with Crippen LogP contribution in [0.15, 0.2) is 291 Å². The summed E-state index contributed by atoms with van der Waals surface area (Å²) in [4.78, 5) is 45.5. The minimum Gasteiger partial charge on any atom is -0.508 e. The standard InChI is InChI=1S/C13H11F3O4S.C13H16O3.C12H11BrO.2C12H11Br.C12H14O3.C12H12O2.C11H9BrO.C11H10O2/c1-8-11(19-2)7-9-5-3-4-6-10(9)12(8)20-21(17,18)13(14,15)16;1-3-16-13(15)10(2)12(14)9-11-7-5-4-6-8-11;1-8-11(14-2)7-9-5-3-4-6-10(9)12(8)13;2*1-8-7-10-5-3-4-6-11(10)12(13)9(8)2;1-2-15-12(14)9-11(13)8-10-6-4-3-5-7-10;1-8-11(14-2)7-9-5-3-4-6-10(9)12(8)13;1-7-10(13)6-8-4-2-3-5-9(8)11(7)12;1-7-10(12)6-8-4-2-3-5-9(8)11(7)13/h3-7H,1-2H3;4-8,10H,3,9H2,1-2H3;3-7H,1-2H3;2*3-7H,1-2H3;3-7H,2,8-9H2,1H3;3-7,13H,1-2H3;2-6,13H,1H3;2-6,12-13H,1H3. The first-order valence-corrected chi connectivity index (χ1v) is 46.4. The number of rotatable bonds is 15. The van der Waals surface area contributed by atoms with Gasteiger partial charge in [0.25, 0.3) is 0 Å². The van der Waals surface area contributed by atoms with Crippen LogP contribution >= 0.6 is 63.7 Å². The van der Waals surface area contributed by atoms with Crippen LogP contribution in [0.2, 0.25) is 0 Å². The number of hydrogen-bond donors (Lipinski definition) is 4. The molecule has 0 spiro atoms. The molecule has 0 fully saturated rings. The molecule has 16 rings (SSSR count). The first-order chi connectivity index (χ1) is 62.8. The lowest BCUT2D eigenvalue weighted by Gasteiger charge is -2.16. The number of phenolic OH excluding ortho intramolecular Hbond substituents is 4. The van der Waals surface area contributed by atoms with E-state index in [0.29, 0.717) is 42.1 Å². The quantitative estimate of drug-likeness (QED) is 0.0323. The lowest BCUT2D eigenvalue weighted by atomic mass is 10.00. The second-order valence-electron chi connectivity index (χ2n) is 30.4. The molecule has 0 bridgehead atoms. The molecule has 1 unspecified atom stereocenters. The summed E-state index contributed by atoms with van der Waals surface area (Å²) in [6.45, 7) is 23.1. The zero-order chi connectivity index (χ0) is 96.8. The summed E-state index contributed by atoms with van der Waals surface area (Å²) in [7, 11) is -1.11. The van der Waals surface area contributed by atoms with Crippen molar-refractivity contribution in [1.82, 2.24) is 0 Å². The summed E-state index contributed by atoms with van der Waals surface area (Å²) in [6.07, 6.45) is 0.434. The maximum atomic E-state index is 12.5. The lowest BCUT2D eigenvalue weighted by Crippen LogP contribution is -2.28. The maximum absolute atomic E-state index is 12.5. The third-order valence-electron chi connectivity index (χ3n) is 21.4. The van der Waals surface area contributed by atoms with Gasteiger partial charge in [0, 0.05) is 74.7 Å². The number of carbonyl (C=O) groups is 4. The number of phenols is 4. The van der Waals surface area contributed by atoms with Crippen LogP contribution in [-0.2, 0) is 51.6 Å². The monoisotopic (exact) mass is 2060 g/mol. The van der Waals surface area contributed by atoms with Crippen molar-refractivity contribution in [3.63, 3.8) is 0 Å². The highest BCUT2D eigenvalue weighted by molar-refractivity contribution is 9.11. The van der Waals surface area contributed by atoms with Crippen molar-refractivity contribution in [2.24, 2.45) is 5.92 Å². The van der Waals surface area contributed by atoms with E-state index in [4.69, 9.17) is 23.7 Å². The second kappa shape index (κ2) is 49.8. The number of fused-ring (bicyclic) bond motifs is 7. The van der Waals surface area contributed by atoms with Crippen LogP contribution in [0.3, 0.4) is 0 Å². The maximum Gasteiger partial charge on any atom is 0.534 e. The molecule has 0 saturated heterocycles. The zero-order valence-corrected chi connectivity index (χ0v) is 83.0. The molecule has 16 aromatic rings. The SMILES string of the molecule is CCOC(=O)C(C)C(=O)Cc1ccccc1.CCOC(=O)CC(=O)Cc1ccccc1.COc1cc2ccccc2c(Br)c1C.COc1cc2ccccc2c(O)c1C.COc1cc2ccccc2c(OS(=O)(=O)C(F)(F)F)c1C.Cc1c(O)cc2ccccc2c1Br.Cc1c(O)cc2ccccc2c1O.Cc1cc2ccccc2c(Br)c1C.Cc1cc2ccccc2c(Br)c1C. The largest absolute Gasteiger partial charge is 0.534 e. The molecule has 132 heavy (non-hydrogen) atoms. The molecule has 16 nitrogen and oxygen atoms in total. The number of esters is 2. The van der Waals surface area contributed by atoms with Crippen LogP contribution in [0.25, 0.3) is 75.4 Å². The summed E-state index contributed by atoms with van der Waals surface area (Å²) >= 11 is 14.3. The van der Waals surface area contributed by atoms with Gasteiger partial charge in [0.1, 0.15) is 58.4 Å². The number of Topliss-reactive ketones (excluding diaryl/α,β-unsaturated/α-hetero) is 2. The Labute approximate surface area is 802 Å². The second-order valence-corrected chi connectivity index (χ2v) is 35.1. The molecule has 24 heteroatoms. The van der Waals surface area contributed by atoms with Crippen molar-refractivity contribution in [1.29, 1.82) is 0 Å². The van der Waals surface area contributed by atoms with E-state index in [2.05, 4.69) is 181 Å². The summed E-state index contributed by atoms with van der Waals surface area (Å²) in [5, 5.41) is 52.6. The van der Waals surface area contributed by atoms with E-state index in [1.54, 1.807) is 78.3 Å². The van der Waals surface area contributed by atoms with Crippen LogP contribution in [0.1, 0.15) is 88.4 Å². The number of aryl methyl sites for hydroxylation is 2. The van der Waals surface area contributed by atoms with E-state index in [-0.39, 0.29) is 58.4 Å². The Hall–Kier alpha value is -12.3. The third-order valence-corrected chi connectivity index (χ3v) is 26.5. The van der Waals surface area contributed by atoms with Gasteiger partial charge >= 0.3 is 27.6 Å². The molecule has 16 aromatic carbocycles. The number of methoxy groups -OCH3 is 3. The predicted molar refractivity (Wildman–Crippen MR) is 540 cm³/mol. The van der Waals surface area contributed by atoms with Crippen LogP contribution in [0, 0.1) is 68.2 Å². The molecule has 4 N–H and O–H groups in total. The molecule has 0 heterocycles. The van der Waals surface area contributed by atoms with Gasteiger partial charge in [-0.2, -0.15) is 21.6 Å².